The number of azide groups is 1. The number of aromatic nitrogens is 1. The molecule has 0 aliphatic rings. The van der Waals surface area contributed by atoms with Gasteiger partial charge in [0.25, 0.3) is 5.91 Å². The van der Waals surface area contributed by atoms with Crippen LogP contribution in [-0.2, 0) is 0 Å². The zero-order chi connectivity index (χ0) is 9.14. The smallest absolute Gasteiger partial charge is 0.261 e. The molecule has 0 aliphatic carbocycles. The van der Waals surface area contributed by atoms with Gasteiger partial charge < -0.3 is 0 Å². The van der Waals surface area contributed by atoms with E-state index < -0.39 is 5.91 Å². The van der Waals surface area contributed by atoms with Crippen LogP contribution in [0.15, 0.2) is 9.03 Å². The summed E-state index contributed by atoms with van der Waals surface area (Å²) in [6.45, 7) is 1.68. The van der Waals surface area contributed by atoms with Crippen LogP contribution in [0, 0.1) is 6.92 Å². The van der Waals surface area contributed by atoms with Gasteiger partial charge in [-0.1, -0.05) is 0 Å². The molecule has 1 aromatic rings. The van der Waals surface area contributed by atoms with E-state index in [0.717, 1.165) is 11.3 Å². The molecule has 62 valence electrons. The van der Waals surface area contributed by atoms with E-state index in [2.05, 4.69) is 30.9 Å². The molecular formula is C5H3BrN4OS. The molecule has 0 spiro atoms. The Bertz CT molecular complexity index is 368. The van der Waals surface area contributed by atoms with Gasteiger partial charge in [-0.25, -0.2) is 4.98 Å². The quantitative estimate of drug-likeness (QED) is 0.434. The minimum absolute atomic E-state index is 0.375. The second-order valence-electron chi connectivity index (χ2n) is 1.88. The standard InChI is InChI=1S/C5H3BrN4OS/c1-2-3(4(11)9-10-7)12-5(6)8-2/h1H3. The van der Waals surface area contributed by atoms with Gasteiger partial charge in [-0.15, -0.1) is 11.3 Å². The number of amides is 1. The molecule has 0 bridgehead atoms. The van der Waals surface area contributed by atoms with Crippen LogP contribution in [-0.4, -0.2) is 10.9 Å². The average Bonchev–Trinajstić information content (AvgIpc) is 2.30. The summed E-state index contributed by atoms with van der Waals surface area (Å²) in [5.41, 5.74) is 8.58. The third-order valence-corrected chi connectivity index (χ3v) is 2.70. The van der Waals surface area contributed by atoms with Crippen molar-refractivity contribution in [3.05, 3.63) is 24.9 Å². The van der Waals surface area contributed by atoms with Gasteiger partial charge in [-0.2, -0.15) is 0 Å². The summed E-state index contributed by atoms with van der Waals surface area (Å²) in [5.74, 6) is -0.585. The minimum atomic E-state index is -0.585. The SMILES string of the molecule is Cc1nc(Br)sc1C(=O)N=[N+]=[N-]. The van der Waals surface area contributed by atoms with Crippen molar-refractivity contribution in [2.24, 2.45) is 5.11 Å². The number of thiazole rings is 1. The van der Waals surface area contributed by atoms with E-state index in [-0.39, 0.29) is 0 Å². The van der Waals surface area contributed by atoms with Crippen LogP contribution in [0.5, 0.6) is 0 Å². The van der Waals surface area contributed by atoms with E-state index in [1.165, 1.54) is 0 Å². The molecule has 1 amide bonds. The summed E-state index contributed by atoms with van der Waals surface area (Å²) in [6, 6.07) is 0. The van der Waals surface area contributed by atoms with Crippen molar-refractivity contribution in [1.29, 1.82) is 0 Å². The number of hydrogen-bond donors (Lipinski definition) is 0. The van der Waals surface area contributed by atoms with Gasteiger partial charge in [0.2, 0.25) is 0 Å². The lowest BCUT2D eigenvalue weighted by molar-refractivity contribution is 0.100. The summed E-state index contributed by atoms with van der Waals surface area (Å²) < 4.78 is 0.608. The number of carbonyl (C=O) groups excluding carboxylic acids is 1. The molecular weight excluding hydrogens is 244 g/mol. The van der Waals surface area contributed by atoms with Gasteiger partial charge in [0.15, 0.2) is 3.92 Å². The fourth-order valence-corrected chi connectivity index (χ4v) is 2.07. The highest BCUT2D eigenvalue weighted by atomic mass is 79.9. The molecule has 1 rings (SSSR count). The number of carbonyl (C=O) groups is 1. The second-order valence-corrected chi connectivity index (χ2v) is 4.15. The van der Waals surface area contributed by atoms with Crippen LogP contribution in [0.1, 0.15) is 15.4 Å². The van der Waals surface area contributed by atoms with E-state index in [9.17, 15) is 4.79 Å². The van der Waals surface area contributed by atoms with Crippen molar-refractivity contribution in [2.45, 2.75) is 6.92 Å². The number of rotatable bonds is 1. The second kappa shape index (κ2) is 3.66. The first-order valence-corrected chi connectivity index (χ1v) is 4.48. The van der Waals surface area contributed by atoms with Gasteiger partial charge in [-0.05, 0) is 33.5 Å². The maximum atomic E-state index is 11.0. The van der Waals surface area contributed by atoms with E-state index >= 15 is 0 Å². The van der Waals surface area contributed by atoms with E-state index in [4.69, 9.17) is 5.53 Å². The molecule has 12 heavy (non-hydrogen) atoms. The van der Waals surface area contributed by atoms with E-state index in [1.807, 2.05) is 0 Å². The zero-order valence-corrected chi connectivity index (χ0v) is 8.39. The van der Waals surface area contributed by atoms with Crippen LogP contribution in [0.3, 0.4) is 0 Å². The predicted octanol–water partition coefficient (Wildman–Crippen LogP) is 2.66. The lowest BCUT2D eigenvalue weighted by atomic mass is 10.4. The molecule has 0 unspecified atom stereocenters. The highest BCUT2D eigenvalue weighted by Crippen LogP contribution is 2.23. The zero-order valence-electron chi connectivity index (χ0n) is 5.98. The topological polar surface area (TPSA) is 78.7 Å². The molecule has 1 aromatic heterocycles. The number of halogens is 1. The summed E-state index contributed by atoms with van der Waals surface area (Å²) in [7, 11) is 0. The Hall–Kier alpha value is -0.910. The number of hydrogen-bond acceptors (Lipinski definition) is 3. The van der Waals surface area contributed by atoms with E-state index in [1.54, 1.807) is 6.92 Å². The Labute approximate surface area is 80.2 Å². The van der Waals surface area contributed by atoms with Gasteiger partial charge in [-0.3, -0.25) is 4.79 Å². The Kier molecular flexibility index (Phi) is 2.80. The molecule has 0 N–H and O–H groups in total. The van der Waals surface area contributed by atoms with Crippen LogP contribution in [0.4, 0.5) is 0 Å². The van der Waals surface area contributed by atoms with E-state index in [0.29, 0.717) is 14.5 Å². The normalized spacial score (nSPS) is 9.17. The first-order chi connectivity index (χ1) is 5.65. The molecule has 5 nitrogen and oxygen atoms in total. The summed E-state index contributed by atoms with van der Waals surface area (Å²) in [4.78, 5) is 17.7. The monoisotopic (exact) mass is 246 g/mol. The maximum Gasteiger partial charge on any atom is 0.261 e. The summed E-state index contributed by atoms with van der Waals surface area (Å²) in [6.07, 6.45) is 0. The van der Waals surface area contributed by atoms with Crippen LogP contribution in [0.2, 0.25) is 0 Å². The van der Waals surface area contributed by atoms with Crippen LogP contribution < -0.4 is 0 Å². The van der Waals surface area contributed by atoms with Gasteiger partial charge >= 0.3 is 0 Å². The predicted molar refractivity (Wildman–Crippen MR) is 48.0 cm³/mol. The molecule has 0 atom stereocenters. The van der Waals surface area contributed by atoms with Crippen molar-refractivity contribution in [3.63, 3.8) is 0 Å². The first kappa shape index (κ1) is 9.18. The molecule has 0 saturated carbocycles. The third kappa shape index (κ3) is 1.82. The number of nitrogens with zero attached hydrogens (tertiary/aromatic N) is 4. The molecule has 7 heteroatoms. The molecule has 0 radical (unpaired) electrons. The fourth-order valence-electron chi connectivity index (χ4n) is 0.648. The summed E-state index contributed by atoms with van der Waals surface area (Å²) >= 11 is 4.28. The van der Waals surface area contributed by atoms with Crippen molar-refractivity contribution < 1.29 is 4.79 Å². The van der Waals surface area contributed by atoms with Crippen LogP contribution >= 0.6 is 27.3 Å². The highest BCUT2D eigenvalue weighted by Gasteiger charge is 2.11. The van der Waals surface area contributed by atoms with Crippen molar-refractivity contribution in [1.82, 2.24) is 4.98 Å². The molecule has 0 fully saturated rings. The Balaban J connectivity index is 3.10. The fraction of sp³-hybridized carbons (Fsp3) is 0.200. The largest absolute Gasteiger partial charge is 0.286 e. The minimum Gasteiger partial charge on any atom is -0.286 e. The van der Waals surface area contributed by atoms with Crippen molar-refractivity contribution in [3.8, 4) is 0 Å². The molecule has 0 aromatic carbocycles. The first-order valence-electron chi connectivity index (χ1n) is 2.87. The average molecular weight is 247 g/mol. The lowest BCUT2D eigenvalue weighted by Gasteiger charge is -1.85. The van der Waals surface area contributed by atoms with Gasteiger partial charge in [0.05, 0.1) is 5.69 Å². The lowest BCUT2D eigenvalue weighted by Crippen LogP contribution is -1.91. The van der Waals surface area contributed by atoms with Crippen molar-refractivity contribution >= 4 is 33.2 Å². The van der Waals surface area contributed by atoms with Gasteiger partial charge in [0.1, 0.15) is 4.88 Å². The number of aryl methyl sites for hydroxylation is 1. The summed E-state index contributed by atoms with van der Waals surface area (Å²) in [5, 5.41) is 2.96. The molecule has 1 heterocycles. The Morgan fingerprint density at radius 2 is 2.50 bits per heavy atom. The van der Waals surface area contributed by atoms with Gasteiger partial charge in [0, 0.05) is 4.91 Å². The molecule has 0 saturated heterocycles. The Morgan fingerprint density at radius 1 is 1.83 bits per heavy atom. The van der Waals surface area contributed by atoms with Crippen molar-refractivity contribution in [2.75, 3.05) is 0 Å². The maximum absolute atomic E-state index is 11.0. The third-order valence-electron chi connectivity index (χ3n) is 1.10. The Morgan fingerprint density at radius 3 is 2.92 bits per heavy atom. The van der Waals surface area contributed by atoms with Crippen LogP contribution in [0.25, 0.3) is 10.4 Å². The molecule has 0 aliphatic heterocycles. The highest BCUT2D eigenvalue weighted by molar-refractivity contribution is 9.11.